The first kappa shape index (κ1) is 16.6. The van der Waals surface area contributed by atoms with E-state index in [0.29, 0.717) is 18.8 Å². The van der Waals surface area contributed by atoms with E-state index in [-0.39, 0.29) is 11.9 Å². The summed E-state index contributed by atoms with van der Waals surface area (Å²) < 4.78 is 1.94. The molecule has 0 aliphatic carbocycles. The van der Waals surface area contributed by atoms with Crippen molar-refractivity contribution in [2.45, 2.75) is 38.6 Å². The number of amides is 1. The lowest BCUT2D eigenvalue weighted by molar-refractivity contribution is -0.133. The van der Waals surface area contributed by atoms with E-state index in [2.05, 4.69) is 10.2 Å². The third-order valence-corrected chi connectivity index (χ3v) is 4.77. The maximum Gasteiger partial charge on any atom is 0.223 e. The van der Waals surface area contributed by atoms with Crippen molar-refractivity contribution < 1.29 is 4.79 Å². The molecule has 0 radical (unpaired) electrons. The van der Waals surface area contributed by atoms with E-state index in [4.69, 9.17) is 5.73 Å². The SMILES string of the molecule is C[C@H](N)[C@@H]1CCCN(C(=O)CCc2nncn2-c2ccccc2)C1. The van der Waals surface area contributed by atoms with Crippen molar-refractivity contribution in [2.75, 3.05) is 13.1 Å². The maximum absolute atomic E-state index is 12.5. The molecule has 24 heavy (non-hydrogen) atoms. The number of piperidine rings is 1. The molecule has 2 N–H and O–H groups in total. The third-order valence-electron chi connectivity index (χ3n) is 4.77. The van der Waals surface area contributed by atoms with Crippen LogP contribution in [0.15, 0.2) is 36.7 Å². The van der Waals surface area contributed by atoms with Crippen LogP contribution in [-0.4, -0.2) is 44.7 Å². The molecule has 1 saturated heterocycles. The fourth-order valence-corrected chi connectivity index (χ4v) is 3.28. The zero-order valence-electron chi connectivity index (χ0n) is 14.1. The second-order valence-corrected chi connectivity index (χ2v) is 6.55. The van der Waals surface area contributed by atoms with E-state index in [9.17, 15) is 4.79 Å². The Kier molecular flexibility index (Phi) is 5.25. The standard InChI is InChI=1S/C18H25N5O/c1-14(19)15-6-5-11-22(12-15)18(24)10-9-17-21-20-13-23(17)16-7-3-2-4-8-16/h2-4,7-8,13-15H,5-6,9-12,19H2,1H3/t14-,15+/m0/s1. The molecule has 128 valence electrons. The summed E-state index contributed by atoms with van der Waals surface area (Å²) in [6.07, 6.45) is 4.90. The molecule has 2 heterocycles. The van der Waals surface area contributed by atoms with Gasteiger partial charge in [-0.15, -0.1) is 10.2 Å². The van der Waals surface area contributed by atoms with E-state index in [1.165, 1.54) is 0 Å². The van der Waals surface area contributed by atoms with Gasteiger partial charge in [0.1, 0.15) is 12.2 Å². The van der Waals surface area contributed by atoms with Gasteiger partial charge >= 0.3 is 0 Å². The van der Waals surface area contributed by atoms with E-state index in [1.807, 2.05) is 46.7 Å². The number of nitrogens with two attached hydrogens (primary N) is 1. The minimum absolute atomic E-state index is 0.141. The summed E-state index contributed by atoms with van der Waals surface area (Å²) in [5.74, 6) is 1.41. The number of hydrogen-bond acceptors (Lipinski definition) is 4. The normalized spacial score (nSPS) is 19.2. The monoisotopic (exact) mass is 327 g/mol. The molecular weight excluding hydrogens is 302 g/mol. The van der Waals surface area contributed by atoms with Gasteiger partial charge in [-0.2, -0.15) is 0 Å². The lowest BCUT2D eigenvalue weighted by Crippen LogP contribution is -2.45. The maximum atomic E-state index is 12.5. The average molecular weight is 327 g/mol. The number of carbonyl (C=O) groups is 1. The van der Waals surface area contributed by atoms with Gasteiger partial charge in [-0.05, 0) is 37.8 Å². The van der Waals surface area contributed by atoms with Gasteiger partial charge in [0.15, 0.2) is 0 Å². The highest BCUT2D eigenvalue weighted by Crippen LogP contribution is 2.20. The Labute approximate surface area is 142 Å². The number of carbonyl (C=O) groups excluding carboxylic acids is 1. The molecule has 0 saturated carbocycles. The number of rotatable bonds is 5. The van der Waals surface area contributed by atoms with Crippen molar-refractivity contribution in [3.05, 3.63) is 42.5 Å². The van der Waals surface area contributed by atoms with E-state index < -0.39 is 0 Å². The van der Waals surface area contributed by atoms with Gasteiger partial charge < -0.3 is 10.6 Å². The molecule has 1 aromatic heterocycles. The van der Waals surface area contributed by atoms with Crippen LogP contribution in [0.5, 0.6) is 0 Å². The zero-order valence-corrected chi connectivity index (χ0v) is 14.1. The lowest BCUT2D eigenvalue weighted by atomic mass is 9.92. The molecule has 1 aliphatic heterocycles. The molecular formula is C18H25N5O. The Morgan fingerprint density at radius 1 is 1.38 bits per heavy atom. The summed E-state index contributed by atoms with van der Waals surface area (Å²) >= 11 is 0. The van der Waals surface area contributed by atoms with Gasteiger partial charge in [-0.25, -0.2) is 0 Å². The largest absolute Gasteiger partial charge is 0.342 e. The van der Waals surface area contributed by atoms with Crippen molar-refractivity contribution >= 4 is 5.91 Å². The molecule has 1 aliphatic rings. The topological polar surface area (TPSA) is 77.0 Å². The van der Waals surface area contributed by atoms with Crippen LogP contribution in [-0.2, 0) is 11.2 Å². The van der Waals surface area contributed by atoms with Crippen LogP contribution in [0.25, 0.3) is 5.69 Å². The van der Waals surface area contributed by atoms with E-state index in [1.54, 1.807) is 6.33 Å². The Balaban J connectivity index is 1.60. The molecule has 0 spiro atoms. The van der Waals surface area contributed by atoms with Crippen molar-refractivity contribution in [3.8, 4) is 5.69 Å². The second-order valence-electron chi connectivity index (χ2n) is 6.55. The molecule has 3 rings (SSSR count). The quantitative estimate of drug-likeness (QED) is 0.908. The second kappa shape index (κ2) is 7.57. The predicted molar refractivity (Wildman–Crippen MR) is 92.6 cm³/mol. The van der Waals surface area contributed by atoms with Gasteiger partial charge in [0.25, 0.3) is 0 Å². The van der Waals surface area contributed by atoms with E-state index in [0.717, 1.165) is 37.4 Å². The summed E-state index contributed by atoms with van der Waals surface area (Å²) in [6.45, 7) is 3.65. The van der Waals surface area contributed by atoms with Gasteiger partial charge in [-0.1, -0.05) is 18.2 Å². The van der Waals surface area contributed by atoms with Crippen LogP contribution < -0.4 is 5.73 Å². The lowest BCUT2D eigenvalue weighted by Gasteiger charge is -2.34. The van der Waals surface area contributed by atoms with Crippen LogP contribution in [0, 0.1) is 5.92 Å². The number of aryl methyl sites for hydroxylation is 1. The average Bonchev–Trinajstić information content (AvgIpc) is 3.09. The zero-order chi connectivity index (χ0) is 16.9. The van der Waals surface area contributed by atoms with Crippen LogP contribution in [0.2, 0.25) is 0 Å². The molecule has 2 aromatic rings. The number of aromatic nitrogens is 3. The highest BCUT2D eigenvalue weighted by molar-refractivity contribution is 5.76. The van der Waals surface area contributed by atoms with Crippen LogP contribution >= 0.6 is 0 Å². The van der Waals surface area contributed by atoms with Crippen molar-refractivity contribution in [3.63, 3.8) is 0 Å². The van der Waals surface area contributed by atoms with Gasteiger partial charge in [0.05, 0.1) is 0 Å². The Morgan fingerprint density at radius 2 is 2.17 bits per heavy atom. The Bertz CT molecular complexity index is 667. The number of nitrogens with zero attached hydrogens (tertiary/aromatic N) is 4. The summed E-state index contributed by atoms with van der Waals surface area (Å²) in [7, 11) is 0. The van der Waals surface area contributed by atoms with Crippen molar-refractivity contribution in [1.29, 1.82) is 0 Å². The summed E-state index contributed by atoms with van der Waals surface area (Å²) in [5, 5.41) is 8.17. The van der Waals surface area contributed by atoms with Crippen LogP contribution in [0.1, 0.15) is 32.0 Å². The summed E-state index contributed by atoms with van der Waals surface area (Å²) in [5.41, 5.74) is 7.02. The number of hydrogen-bond donors (Lipinski definition) is 1. The van der Waals surface area contributed by atoms with Gasteiger partial charge in [0, 0.05) is 37.7 Å². The summed E-state index contributed by atoms with van der Waals surface area (Å²) in [6, 6.07) is 10.1. The minimum atomic E-state index is 0.141. The molecule has 0 unspecified atom stereocenters. The minimum Gasteiger partial charge on any atom is -0.342 e. The smallest absolute Gasteiger partial charge is 0.223 e. The molecule has 2 atom stereocenters. The molecule has 0 bridgehead atoms. The molecule has 6 heteroatoms. The number of likely N-dealkylation sites (tertiary alicyclic amines) is 1. The van der Waals surface area contributed by atoms with Gasteiger partial charge in [-0.3, -0.25) is 9.36 Å². The first-order valence-electron chi connectivity index (χ1n) is 8.63. The highest BCUT2D eigenvalue weighted by Gasteiger charge is 2.25. The summed E-state index contributed by atoms with van der Waals surface area (Å²) in [4.78, 5) is 14.5. The van der Waals surface area contributed by atoms with Crippen LogP contribution in [0.4, 0.5) is 0 Å². The van der Waals surface area contributed by atoms with Crippen molar-refractivity contribution in [1.82, 2.24) is 19.7 Å². The first-order chi connectivity index (χ1) is 11.6. The highest BCUT2D eigenvalue weighted by atomic mass is 16.2. The first-order valence-corrected chi connectivity index (χ1v) is 8.63. The molecule has 1 fully saturated rings. The van der Waals surface area contributed by atoms with Gasteiger partial charge in [0.2, 0.25) is 5.91 Å². The Hall–Kier alpha value is -2.21. The molecule has 1 aromatic carbocycles. The van der Waals surface area contributed by atoms with Crippen molar-refractivity contribution in [2.24, 2.45) is 11.7 Å². The van der Waals surface area contributed by atoms with Crippen LogP contribution in [0.3, 0.4) is 0 Å². The number of para-hydroxylation sites is 1. The Morgan fingerprint density at radius 3 is 2.92 bits per heavy atom. The predicted octanol–water partition coefficient (Wildman–Crippen LogP) is 1.79. The number of benzene rings is 1. The fraction of sp³-hybridized carbons (Fsp3) is 0.500. The van der Waals surface area contributed by atoms with E-state index >= 15 is 0 Å². The molecule has 6 nitrogen and oxygen atoms in total. The fourth-order valence-electron chi connectivity index (χ4n) is 3.28. The third kappa shape index (κ3) is 3.82. The molecule has 1 amide bonds.